The number of carbonyl (C=O) groups is 3. The van der Waals surface area contributed by atoms with Gasteiger partial charge in [-0.25, -0.2) is 0 Å². The zero-order valence-electron chi connectivity index (χ0n) is 53.1. The molecule has 0 heterocycles. The van der Waals surface area contributed by atoms with E-state index in [2.05, 4.69) is 106 Å². The number of esters is 3. The summed E-state index contributed by atoms with van der Waals surface area (Å²) >= 11 is 0. The Kier molecular flexibility index (Phi) is 65.2. The van der Waals surface area contributed by atoms with E-state index in [1.54, 1.807) is 0 Å². The van der Waals surface area contributed by atoms with E-state index in [0.29, 0.717) is 19.3 Å². The molecule has 0 saturated heterocycles. The van der Waals surface area contributed by atoms with Crippen molar-refractivity contribution in [2.75, 3.05) is 13.2 Å². The minimum atomic E-state index is -0.781. The van der Waals surface area contributed by atoms with E-state index >= 15 is 0 Å². The molecule has 0 aromatic rings. The number of ether oxygens (including phenoxy) is 3. The second kappa shape index (κ2) is 68.1. The van der Waals surface area contributed by atoms with Crippen LogP contribution in [-0.4, -0.2) is 37.2 Å². The third-order valence-electron chi connectivity index (χ3n) is 15.1. The van der Waals surface area contributed by atoms with Gasteiger partial charge in [0.1, 0.15) is 13.2 Å². The van der Waals surface area contributed by atoms with Crippen LogP contribution in [0.15, 0.2) is 85.1 Å². The highest BCUT2D eigenvalue weighted by Crippen LogP contribution is 2.17. The fraction of sp³-hybridized carbons (Fsp3) is 0.770. The molecule has 0 amide bonds. The first-order chi connectivity index (χ1) is 39.5. The van der Waals surface area contributed by atoms with Gasteiger partial charge in [0.15, 0.2) is 6.10 Å². The van der Waals surface area contributed by atoms with Crippen LogP contribution in [0, 0.1) is 0 Å². The molecule has 1 unspecified atom stereocenters. The summed E-state index contributed by atoms with van der Waals surface area (Å²) in [5.41, 5.74) is 0. The molecule has 0 saturated carbocycles. The quantitative estimate of drug-likeness (QED) is 0.0261. The number of hydrogen-bond donors (Lipinski definition) is 0. The van der Waals surface area contributed by atoms with Crippen molar-refractivity contribution in [3.05, 3.63) is 85.1 Å². The van der Waals surface area contributed by atoms with Crippen molar-refractivity contribution in [3.8, 4) is 0 Å². The average Bonchev–Trinajstić information content (AvgIpc) is 3.46. The standard InChI is InChI=1S/C74H130O6/c1-4-7-10-13-16-19-22-24-26-28-30-32-33-34-35-36-37-38-39-40-41-43-44-46-48-50-52-55-58-61-64-67-73(76)79-70-71(69-78-72(75)66-63-60-57-54-21-18-15-12-9-6-3)80-74(77)68-65-62-59-56-53-51-49-47-45-42-31-29-27-25-23-20-17-14-11-8-5-2/h7,10,16,19,23-26,29-32,45,47,71H,4-6,8-9,11-15,17-18,20-22,27-28,33-44,46,48-70H2,1-3H3/b10-7-,19-16-,25-23-,26-24-,31-29-,32-30-,47-45-. The molecule has 0 rings (SSSR count). The lowest BCUT2D eigenvalue weighted by atomic mass is 10.0. The molecule has 6 heteroatoms. The van der Waals surface area contributed by atoms with Crippen molar-refractivity contribution >= 4 is 17.9 Å². The highest BCUT2D eigenvalue weighted by Gasteiger charge is 2.19. The van der Waals surface area contributed by atoms with Gasteiger partial charge in [-0.15, -0.1) is 0 Å². The summed E-state index contributed by atoms with van der Waals surface area (Å²) in [6.45, 7) is 6.53. The molecule has 0 N–H and O–H groups in total. The van der Waals surface area contributed by atoms with Crippen molar-refractivity contribution in [1.29, 1.82) is 0 Å². The molecule has 80 heavy (non-hydrogen) atoms. The molecule has 1 atom stereocenters. The van der Waals surface area contributed by atoms with Crippen LogP contribution >= 0.6 is 0 Å². The monoisotopic (exact) mass is 1110 g/mol. The summed E-state index contributed by atoms with van der Waals surface area (Å²) in [7, 11) is 0. The van der Waals surface area contributed by atoms with Gasteiger partial charge in [0.25, 0.3) is 0 Å². The Morgan fingerprint density at radius 1 is 0.263 bits per heavy atom. The van der Waals surface area contributed by atoms with Gasteiger partial charge >= 0.3 is 17.9 Å². The fourth-order valence-electron chi connectivity index (χ4n) is 9.97. The molecule has 0 fully saturated rings. The van der Waals surface area contributed by atoms with Crippen LogP contribution in [0.4, 0.5) is 0 Å². The first-order valence-electron chi connectivity index (χ1n) is 34.6. The Hall–Kier alpha value is -3.41. The van der Waals surface area contributed by atoms with Gasteiger partial charge in [-0.2, -0.15) is 0 Å². The van der Waals surface area contributed by atoms with E-state index in [1.165, 1.54) is 199 Å². The number of allylic oxidation sites excluding steroid dienone is 14. The second-order valence-electron chi connectivity index (χ2n) is 23.1. The highest BCUT2D eigenvalue weighted by atomic mass is 16.6. The summed E-state index contributed by atoms with van der Waals surface area (Å²) < 4.78 is 16.9. The number of unbranched alkanes of at least 4 members (excludes halogenated alkanes) is 38. The lowest BCUT2D eigenvalue weighted by Gasteiger charge is -2.18. The van der Waals surface area contributed by atoms with Crippen LogP contribution in [0.2, 0.25) is 0 Å². The van der Waals surface area contributed by atoms with E-state index in [4.69, 9.17) is 14.2 Å². The lowest BCUT2D eigenvalue weighted by Crippen LogP contribution is -2.30. The molecule has 6 nitrogen and oxygen atoms in total. The molecular weight excluding hydrogens is 985 g/mol. The summed E-state index contributed by atoms with van der Waals surface area (Å²) in [6, 6.07) is 0. The zero-order valence-corrected chi connectivity index (χ0v) is 53.1. The Bertz CT molecular complexity index is 1520. The molecule has 0 aromatic heterocycles. The molecule has 0 bridgehead atoms. The first kappa shape index (κ1) is 76.6. The lowest BCUT2D eigenvalue weighted by molar-refractivity contribution is -0.167. The van der Waals surface area contributed by atoms with Crippen molar-refractivity contribution in [2.45, 2.75) is 354 Å². The zero-order chi connectivity index (χ0) is 57.8. The molecule has 0 radical (unpaired) electrons. The number of rotatable bonds is 63. The topological polar surface area (TPSA) is 78.9 Å². The summed E-state index contributed by atoms with van der Waals surface area (Å²) in [6.07, 6.45) is 90.4. The summed E-state index contributed by atoms with van der Waals surface area (Å²) in [5, 5.41) is 0. The van der Waals surface area contributed by atoms with Gasteiger partial charge in [-0.3, -0.25) is 14.4 Å². The Morgan fingerprint density at radius 3 is 0.762 bits per heavy atom. The van der Waals surface area contributed by atoms with Crippen molar-refractivity contribution < 1.29 is 28.6 Å². The van der Waals surface area contributed by atoms with Crippen LogP contribution in [0.3, 0.4) is 0 Å². The van der Waals surface area contributed by atoms with Crippen molar-refractivity contribution in [1.82, 2.24) is 0 Å². The van der Waals surface area contributed by atoms with Crippen LogP contribution in [0.1, 0.15) is 348 Å². The third-order valence-corrected chi connectivity index (χ3v) is 15.1. The molecule has 462 valence electrons. The van der Waals surface area contributed by atoms with Crippen LogP contribution in [0.5, 0.6) is 0 Å². The fourth-order valence-corrected chi connectivity index (χ4v) is 9.97. The van der Waals surface area contributed by atoms with Gasteiger partial charge in [-0.05, 0) is 96.3 Å². The Balaban J connectivity index is 4.16. The SMILES string of the molecule is CC/C=C\C/C=C\C/C=C\C/C=C\CCCCCCCCCCCCCCCCCCCCC(=O)OCC(COC(=O)CCCCCCCCCCCC)OC(=O)CCCCCCCC/C=C\C/C=C\C/C=C\CCCCCCC. The van der Waals surface area contributed by atoms with Crippen LogP contribution in [-0.2, 0) is 28.6 Å². The molecule has 0 aliphatic rings. The van der Waals surface area contributed by atoms with Crippen LogP contribution < -0.4 is 0 Å². The molecular formula is C74H130O6. The highest BCUT2D eigenvalue weighted by molar-refractivity contribution is 5.71. The summed E-state index contributed by atoms with van der Waals surface area (Å²) in [4.78, 5) is 38.3. The van der Waals surface area contributed by atoms with Gasteiger partial charge in [-0.1, -0.05) is 318 Å². The molecule has 0 aromatic carbocycles. The van der Waals surface area contributed by atoms with Gasteiger partial charge in [0.2, 0.25) is 0 Å². The maximum atomic E-state index is 12.9. The van der Waals surface area contributed by atoms with E-state index in [9.17, 15) is 14.4 Å². The minimum absolute atomic E-state index is 0.0771. The van der Waals surface area contributed by atoms with E-state index in [-0.39, 0.29) is 31.1 Å². The van der Waals surface area contributed by atoms with Crippen molar-refractivity contribution in [2.24, 2.45) is 0 Å². The van der Waals surface area contributed by atoms with Crippen LogP contribution in [0.25, 0.3) is 0 Å². The summed E-state index contributed by atoms with van der Waals surface area (Å²) in [5.74, 6) is -0.874. The average molecular weight is 1120 g/mol. The molecule has 0 spiro atoms. The third kappa shape index (κ3) is 65.4. The van der Waals surface area contributed by atoms with Gasteiger partial charge in [0.05, 0.1) is 0 Å². The second-order valence-corrected chi connectivity index (χ2v) is 23.1. The Morgan fingerprint density at radius 2 is 0.487 bits per heavy atom. The van der Waals surface area contributed by atoms with E-state index in [0.717, 1.165) is 109 Å². The van der Waals surface area contributed by atoms with Crippen molar-refractivity contribution in [3.63, 3.8) is 0 Å². The Labute approximate surface area is 496 Å². The largest absolute Gasteiger partial charge is 0.462 e. The van der Waals surface area contributed by atoms with E-state index in [1.807, 2.05) is 0 Å². The number of hydrogen-bond acceptors (Lipinski definition) is 6. The predicted molar refractivity (Wildman–Crippen MR) is 348 cm³/mol. The van der Waals surface area contributed by atoms with Gasteiger partial charge < -0.3 is 14.2 Å². The maximum absolute atomic E-state index is 12.9. The van der Waals surface area contributed by atoms with E-state index < -0.39 is 6.10 Å². The first-order valence-corrected chi connectivity index (χ1v) is 34.6. The smallest absolute Gasteiger partial charge is 0.306 e. The minimum Gasteiger partial charge on any atom is -0.462 e. The molecule has 0 aliphatic carbocycles. The predicted octanol–water partition coefficient (Wildman–Crippen LogP) is 23.8. The van der Waals surface area contributed by atoms with Gasteiger partial charge in [0, 0.05) is 19.3 Å². The molecule has 0 aliphatic heterocycles. The maximum Gasteiger partial charge on any atom is 0.306 e. The number of carbonyl (C=O) groups excluding carboxylic acids is 3. The normalized spacial score (nSPS) is 12.6.